The van der Waals surface area contributed by atoms with Crippen molar-refractivity contribution in [1.82, 2.24) is 0 Å². The van der Waals surface area contributed by atoms with Gasteiger partial charge >= 0.3 is 0 Å². The topological polar surface area (TPSA) is 32.7 Å². The van der Waals surface area contributed by atoms with Crippen molar-refractivity contribution in [3.8, 4) is 0 Å². The second kappa shape index (κ2) is 5.41. The highest BCUT2D eigenvalue weighted by atomic mass is 16.2. The molecule has 2 aliphatic rings. The molecule has 2 aromatic carbocycles. The largest absolute Gasteiger partial charge is 0.297 e. The van der Waals surface area contributed by atoms with Crippen molar-refractivity contribution >= 4 is 28.6 Å². The van der Waals surface area contributed by atoms with E-state index < -0.39 is 0 Å². The van der Waals surface area contributed by atoms with Gasteiger partial charge in [-0.25, -0.2) is 4.99 Å². The zero-order chi connectivity index (χ0) is 18.8. The van der Waals surface area contributed by atoms with Gasteiger partial charge in [-0.2, -0.15) is 0 Å². The molecule has 132 valence electrons. The van der Waals surface area contributed by atoms with Crippen LogP contribution in [0.5, 0.6) is 0 Å². The summed E-state index contributed by atoms with van der Waals surface area (Å²) in [6, 6.07) is 10.3. The molecule has 0 aromatic heterocycles. The van der Waals surface area contributed by atoms with Gasteiger partial charge in [-0.15, -0.1) is 0 Å². The molecule has 2 aromatic rings. The first-order valence-electron chi connectivity index (χ1n) is 9.04. The predicted molar refractivity (Wildman–Crippen MR) is 109 cm³/mol. The number of amides is 1. The molecular formula is C23H24N2O. The molecule has 0 radical (unpaired) electrons. The Labute approximate surface area is 155 Å². The molecule has 0 N–H and O–H groups in total. The van der Waals surface area contributed by atoms with Crippen LogP contribution in [0.15, 0.2) is 41.4 Å². The molecule has 0 saturated carbocycles. The summed E-state index contributed by atoms with van der Waals surface area (Å²) in [5.74, 6) is -0.0150. The normalized spacial score (nSPS) is 19.0. The van der Waals surface area contributed by atoms with Gasteiger partial charge in [0.05, 0.1) is 16.9 Å². The van der Waals surface area contributed by atoms with Gasteiger partial charge in [-0.3, -0.25) is 9.69 Å². The molecule has 4 rings (SSSR count). The summed E-state index contributed by atoms with van der Waals surface area (Å²) in [5, 5.41) is 0. The highest BCUT2D eigenvalue weighted by Crippen LogP contribution is 2.46. The zero-order valence-electron chi connectivity index (χ0n) is 16.3. The third-order valence-electron chi connectivity index (χ3n) is 5.44. The molecular weight excluding hydrogens is 320 g/mol. The molecule has 26 heavy (non-hydrogen) atoms. The van der Waals surface area contributed by atoms with E-state index in [-0.39, 0.29) is 11.4 Å². The molecule has 0 atom stereocenters. The summed E-state index contributed by atoms with van der Waals surface area (Å²) in [6.45, 7) is 12.5. The first-order valence-corrected chi connectivity index (χ1v) is 9.04. The predicted octanol–water partition coefficient (Wildman–Crippen LogP) is 5.27. The zero-order valence-corrected chi connectivity index (χ0v) is 16.3. The Kier molecular flexibility index (Phi) is 3.49. The number of carbonyl (C=O) groups excluding carboxylic acids is 1. The lowest BCUT2D eigenvalue weighted by Gasteiger charge is -2.38. The van der Waals surface area contributed by atoms with Crippen LogP contribution < -0.4 is 4.90 Å². The minimum Gasteiger partial charge on any atom is -0.297 e. The van der Waals surface area contributed by atoms with Gasteiger partial charge in [0, 0.05) is 11.1 Å². The van der Waals surface area contributed by atoms with Crippen LogP contribution in [0.3, 0.4) is 0 Å². The summed E-state index contributed by atoms with van der Waals surface area (Å²) in [4.78, 5) is 20.0. The van der Waals surface area contributed by atoms with Crippen LogP contribution in [0.4, 0.5) is 11.4 Å². The Bertz CT molecular complexity index is 1020. The molecule has 0 bridgehead atoms. The van der Waals surface area contributed by atoms with E-state index in [2.05, 4.69) is 65.8 Å². The number of nitrogens with zero attached hydrogens (tertiary/aromatic N) is 2. The Morgan fingerprint density at radius 2 is 1.62 bits per heavy atom. The van der Waals surface area contributed by atoms with E-state index >= 15 is 0 Å². The third-order valence-corrected chi connectivity index (χ3v) is 5.44. The summed E-state index contributed by atoms with van der Waals surface area (Å²) in [7, 11) is 0. The number of rotatable bonds is 1. The number of aryl methyl sites for hydroxylation is 3. The Balaban J connectivity index is 1.97. The monoisotopic (exact) mass is 344 g/mol. The van der Waals surface area contributed by atoms with E-state index in [1.165, 1.54) is 16.7 Å². The van der Waals surface area contributed by atoms with Crippen molar-refractivity contribution in [2.45, 2.75) is 47.1 Å². The lowest BCUT2D eigenvalue weighted by molar-refractivity contribution is -0.112. The SMILES string of the molecule is CC1=CC(C)(C)N2C(=O)C(=Nc3ccc(C)c(C)c3)c3cc(C)cc1c32. The van der Waals surface area contributed by atoms with Crippen LogP contribution in [0.2, 0.25) is 0 Å². The van der Waals surface area contributed by atoms with Gasteiger partial charge < -0.3 is 0 Å². The molecule has 0 spiro atoms. The van der Waals surface area contributed by atoms with E-state index in [0.717, 1.165) is 28.1 Å². The average molecular weight is 344 g/mol. The van der Waals surface area contributed by atoms with Crippen molar-refractivity contribution in [3.05, 3.63) is 64.2 Å². The van der Waals surface area contributed by atoms with E-state index in [1.54, 1.807) is 0 Å². The van der Waals surface area contributed by atoms with Gasteiger partial charge in [-0.05, 0) is 88.1 Å². The molecule has 3 heteroatoms. The summed E-state index contributed by atoms with van der Waals surface area (Å²) >= 11 is 0. The van der Waals surface area contributed by atoms with Gasteiger partial charge in [0.1, 0.15) is 5.71 Å². The number of carbonyl (C=O) groups is 1. The second-order valence-corrected chi connectivity index (χ2v) is 8.06. The fourth-order valence-electron chi connectivity index (χ4n) is 4.08. The summed E-state index contributed by atoms with van der Waals surface area (Å²) in [5.41, 5.74) is 8.87. The van der Waals surface area contributed by atoms with Gasteiger partial charge in [0.2, 0.25) is 0 Å². The highest BCUT2D eigenvalue weighted by Gasteiger charge is 2.45. The van der Waals surface area contributed by atoms with Crippen LogP contribution in [0.25, 0.3) is 5.57 Å². The summed E-state index contributed by atoms with van der Waals surface area (Å²) in [6.07, 6.45) is 2.18. The maximum atomic E-state index is 13.3. The van der Waals surface area contributed by atoms with Gasteiger partial charge in [0.15, 0.2) is 0 Å². The highest BCUT2D eigenvalue weighted by molar-refractivity contribution is 6.55. The number of benzene rings is 2. The smallest absolute Gasteiger partial charge is 0.278 e. The van der Waals surface area contributed by atoms with Crippen LogP contribution in [0.1, 0.15) is 48.6 Å². The molecule has 0 saturated heterocycles. The fraction of sp³-hybridized carbons (Fsp3) is 0.304. The van der Waals surface area contributed by atoms with Crippen molar-refractivity contribution in [1.29, 1.82) is 0 Å². The Hall–Kier alpha value is -2.68. The van der Waals surface area contributed by atoms with Crippen LogP contribution in [-0.4, -0.2) is 17.2 Å². The maximum Gasteiger partial charge on any atom is 0.278 e. The average Bonchev–Trinajstić information content (AvgIpc) is 2.82. The molecule has 0 unspecified atom stereocenters. The van der Waals surface area contributed by atoms with Gasteiger partial charge in [-0.1, -0.05) is 12.1 Å². The Morgan fingerprint density at radius 1 is 0.923 bits per heavy atom. The standard InChI is InChI=1S/C23H24N2O/c1-13-9-18-16(4)12-23(5,6)25-21(18)19(10-13)20(22(25)26)24-17-8-7-14(2)15(3)11-17/h7-12H,1-6H3. The van der Waals surface area contributed by atoms with Crippen LogP contribution in [0, 0.1) is 20.8 Å². The van der Waals surface area contributed by atoms with Gasteiger partial charge in [0.25, 0.3) is 5.91 Å². The number of hydrogen-bond donors (Lipinski definition) is 0. The number of aliphatic imine (C=N–C) groups is 1. The summed E-state index contributed by atoms with van der Waals surface area (Å²) < 4.78 is 0. The molecule has 3 nitrogen and oxygen atoms in total. The van der Waals surface area contributed by atoms with Crippen molar-refractivity contribution in [3.63, 3.8) is 0 Å². The minimum absolute atomic E-state index is 0.0150. The van der Waals surface area contributed by atoms with Crippen LogP contribution in [-0.2, 0) is 4.79 Å². The lowest BCUT2D eigenvalue weighted by atomic mass is 9.88. The maximum absolute atomic E-state index is 13.3. The van der Waals surface area contributed by atoms with Crippen molar-refractivity contribution < 1.29 is 4.79 Å². The molecule has 0 fully saturated rings. The van der Waals surface area contributed by atoms with E-state index in [0.29, 0.717) is 5.71 Å². The van der Waals surface area contributed by atoms with Crippen LogP contribution >= 0.6 is 0 Å². The quantitative estimate of drug-likeness (QED) is 0.693. The fourth-order valence-corrected chi connectivity index (χ4v) is 4.08. The molecule has 1 amide bonds. The van der Waals surface area contributed by atoms with Crippen molar-refractivity contribution in [2.75, 3.05) is 4.90 Å². The number of anilines is 1. The second-order valence-electron chi connectivity index (χ2n) is 8.06. The number of hydrogen-bond acceptors (Lipinski definition) is 2. The van der Waals surface area contributed by atoms with E-state index in [4.69, 9.17) is 4.99 Å². The first kappa shape index (κ1) is 16.8. The molecule has 0 aliphatic carbocycles. The third kappa shape index (κ3) is 2.34. The Morgan fingerprint density at radius 3 is 2.31 bits per heavy atom. The van der Waals surface area contributed by atoms with Crippen molar-refractivity contribution in [2.24, 2.45) is 4.99 Å². The van der Waals surface area contributed by atoms with E-state index in [1.807, 2.05) is 17.0 Å². The lowest BCUT2D eigenvalue weighted by Crippen LogP contribution is -2.47. The molecule has 2 aliphatic heterocycles. The minimum atomic E-state index is -0.362. The molecule has 2 heterocycles. The van der Waals surface area contributed by atoms with E-state index in [9.17, 15) is 4.79 Å². The number of allylic oxidation sites excluding steroid dienone is 1. The first-order chi connectivity index (χ1) is 12.2.